The van der Waals surface area contributed by atoms with Crippen LogP contribution >= 0.6 is 8.15 Å². The number of piperidine rings is 1. The molecule has 1 aliphatic rings. The molecule has 1 rings (SSSR count). The van der Waals surface area contributed by atoms with E-state index in [0.29, 0.717) is 0 Å². The normalized spacial score (nSPS) is 27.2. The van der Waals surface area contributed by atoms with Crippen LogP contribution in [0, 0.1) is 0 Å². The Kier molecular flexibility index (Phi) is 3.83. The van der Waals surface area contributed by atoms with Crippen molar-refractivity contribution in [1.29, 1.82) is 0 Å². The maximum atomic E-state index is 12.1. The predicted molar refractivity (Wildman–Crippen MR) is 63.6 cm³/mol. The molecule has 0 aliphatic carbocycles. The molecule has 1 heterocycles. The highest BCUT2D eigenvalue weighted by Gasteiger charge is 2.46. The Bertz CT molecular complexity index is 211. The number of hydrogen-bond donors (Lipinski definition) is 0. The van der Waals surface area contributed by atoms with Crippen LogP contribution in [0.5, 0.6) is 0 Å². The fourth-order valence-electron chi connectivity index (χ4n) is 2.54. The average Bonchev–Trinajstić information content (AvgIpc) is 1.97. The molecule has 3 nitrogen and oxygen atoms in total. The third kappa shape index (κ3) is 3.13. The zero-order chi connectivity index (χ0) is 11.9. The van der Waals surface area contributed by atoms with Crippen molar-refractivity contribution in [3.8, 4) is 0 Å². The summed E-state index contributed by atoms with van der Waals surface area (Å²) in [5, 5.41) is 13.3. The Hall–Kier alpha value is 0.310. The molecule has 0 aromatic heterocycles. The summed E-state index contributed by atoms with van der Waals surface area (Å²) >= 11 is 0. The van der Waals surface area contributed by atoms with Crippen molar-refractivity contribution in [2.75, 3.05) is 13.3 Å². The molecule has 15 heavy (non-hydrogen) atoms. The van der Waals surface area contributed by atoms with E-state index in [1.807, 2.05) is 27.7 Å². The third-order valence-corrected chi connectivity index (χ3v) is 3.63. The Morgan fingerprint density at radius 1 is 1.13 bits per heavy atom. The molecule has 0 amide bonds. The minimum Gasteiger partial charge on any atom is -0.356 e. The minimum atomic E-state index is -0.341. The molecule has 0 atom stereocenters. The fraction of sp³-hybridized carbons (Fsp3) is 1.00. The van der Waals surface area contributed by atoms with E-state index in [4.69, 9.17) is 4.52 Å². The lowest BCUT2D eigenvalue weighted by molar-refractivity contribution is -0.296. The van der Waals surface area contributed by atoms with Crippen LogP contribution in [-0.4, -0.2) is 35.6 Å². The molecule has 0 N–H and O–H groups in total. The van der Waals surface area contributed by atoms with Crippen LogP contribution < -0.4 is 0 Å². The second-order valence-electron chi connectivity index (χ2n) is 5.87. The van der Waals surface area contributed by atoms with Gasteiger partial charge in [-0.15, -0.1) is 10.3 Å². The summed E-state index contributed by atoms with van der Waals surface area (Å²) in [6.07, 6.45) is 1.90. The summed E-state index contributed by atoms with van der Waals surface area (Å²) in [6.45, 7) is 12.2. The molecule has 1 radical (unpaired) electrons. The molecule has 4 heteroatoms. The molecule has 1 fully saturated rings. The predicted octanol–water partition coefficient (Wildman–Crippen LogP) is 3.03. The second-order valence-corrected chi connectivity index (χ2v) is 7.70. The van der Waals surface area contributed by atoms with E-state index < -0.39 is 0 Å². The first-order valence-corrected chi connectivity index (χ1v) is 7.62. The van der Waals surface area contributed by atoms with Crippen LogP contribution in [0.15, 0.2) is 0 Å². The molecule has 0 unspecified atom stereocenters. The Morgan fingerprint density at radius 2 is 1.53 bits per heavy atom. The summed E-state index contributed by atoms with van der Waals surface area (Å²) in [5.41, 5.74) is -0.616. The molecule has 0 saturated carbocycles. The maximum absolute atomic E-state index is 12.1. The highest BCUT2D eigenvalue weighted by Crippen LogP contribution is 2.42. The molecular formula is C11H23NO2P. The van der Waals surface area contributed by atoms with Gasteiger partial charge in [-0.1, -0.05) is 0 Å². The number of nitrogens with zero attached hydrogens (tertiary/aromatic N) is 1. The van der Waals surface area contributed by atoms with Gasteiger partial charge in [-0.25, -0.2) is 0 Å². The quantitative estimate of drug-likeness (QED) is 0.685. The first kappa shape index (κ1) is 13.4. The van der Waals surface area contributed by atoms with Crippen LogP contribution in [0.25, 0.3) is 0 Å². The van der Waals surface area contributed by atoms with Crippen molar-refractivity contribution in [3.63, 3.8) is 0 Å². The van der Waals surface area contributed by atoms with Crippen LogP contribution in [0.1, 0.15) is 40.5 Å². The van der Waals surface area contributed by atoms with Crippen LogP contribution in [0.3, 0.4) is 0 Å². The molecular weight excluding hydrogens is 209 g/mol. The third-order valence-electron chi connectivity index (χ3n) is 2.91. The van der Waals surface area contributed by atoms with E-state index in [1.165, 1.54) is 5.06 Å². The van der Waals surface area contributed by atoms with Crippen molar-refractivity contribution in [1.82, 2.24) is 5.06 Å². The Labute approximate surface area is 94.6 Å². The van der Waals surface area contributed by atoms with Crippen molar-refractivity contribution in [2.45, 2.75) is 57.7 Å². The summed E-state index contributed by atoms with van der Waals surface area (Å²) in [7, 11) is -0.341. The molecule has 89 valence electrons. The Balaban J connectivity index is 2.75. The lowest BCUT2D eigenvalue weighted by Crippen LogP contribution is -2.59. The molecule has 0 spiro atoms. The standard InChI is InChI=1S/C11H23NO2P/c1-10(2)7-9(14-15(5)6)8-11(3,4)12(10)13/h9H,7-8H2,1-6H3. The first-order chi connectivity index (χ1) is 6.65. The highest BCUT2D eigenvalue weighted by molar-refractivity contribution is 7.50. The highest BCUT2D eigenvalue weighted by atomic mass is 31.1. The van der Waals surface area contributed by atoms with E-state index in [0.717, 1.165) is 12.8 Å². The van der Waals surface area contributed by atoms with Gasteiger partial charge in [0.15, 0.2) is 0 Å². The van der Waals surface area contributed by atoms with Gasteiger partial charge in [0.25, 0.3) is 0 Å². The minimum absolute atomic E-state index is 0.237. The maximum Gasteiger partial charge on any atom is 0.0654 e. The topological polar surface area (TPSA) is 32.4 Å². The van der Waals surface area contributed by atoms with Crippen molar-refractivity contribution in [3.05, 3.63) is 0 Å². The van der Waals surface area contributed by atoms with E-state index in [2.05, 4.69) is 13.3 Å². The van der Waals surface area contributed by atoms with Gasteiger partial charge in [-0.3, -0.25) is 0 Å². The number of rotatable bonds is 2. The van der Waals surface area contributed by atoms with Gasteiger partial charge < -0.3 is 4.52 Å². The molecule has 1 aliphatic heterocycles. The Morgan fingerprint density at radius 3 is 1.87 bits per heavy atom. The monoisotopic (exact) mass is 232 g/mol. The van der Waals surface area contributed by atoms with Gasteiger partial charge in [0.05, 0.1) is 6.10 Å². The van der Waals surface area contributed by atoms with E-state index in [-0.39, 0.29) is 25.3 Å². The van der Waals surface area contributed by atoms with Crippen molar-refractivity contribution < 1.29 is 9.73 Å². The largest absolute Gasteiger partial charge is 0.356 e. The summed E-state index contributed by atoms with van der Waals surface area (Å²) in [6, 6.07) is 0. The van der Waals surface area contributed by atoms with E-state index in [1.54, 1.807) is 0 Å². The van der Waals surface area contributed by atoms with Gasteiger partial charge in [-0.05, 0) is 53.9 Å². The van der Waals surface area contributed by atoms with Gasteiger partial charge in [0, 0.05) is 19.2 Å². The molecule has 0 aromatic carbocycles. The van der Waals surface area contributed by atoms with E-state index in [9.17, 15) is 5.21 Å². The zero-order valence-electron chi connectivity index (χ0n) is 10.7. The van der Waals surface area contributed by atoms with Crippen molar-refractivity contribution >= 4 is 8.15 Å². The number of hydrogen-bond acceptors (Lipinski definition) is 2. The molecule has 1 saturated heterocycles. The zero-order valence-corrected chi connectivity index (χ0v) is 11.6. The summed E-state index contributed by atoms with van der Waals surface area (Å²) in [4.78, 5) is 0. The van der Waals surface area contributed by atoms with Gasteiger partial charge in [0.1, 0.15) is 0 Å². The van der Waals surface area contributed by atoms with E-state index >= 15 is 0 Å². The van der Waals surface area contributed by atoms with Crippen molar-refractivity contribution in [2.24, 2.45) is 0 Å². The lowest BCUT2D eigenvalue weighted by Gasteiger charge is -2.49. The van der Waals surface area contributed by atoms with Gasteiger partial charge >= 0.3 is 0 Å². The first-order valence-electron chi connectivity index (χ1n) is 5.47. The average molecular weight is 232 g/mol. The van der Waals surface area contributed by atoms with Crippen LogP contribution in [0.2, 0.25) is 0 Å². The number of hydroxylamine groups is 2. The summed E-state index contributed by atoms with van der Waals surface area (Å²) in [5.74, 6) is 0. The van der Waals surface area contributed by atoms with Crippen LogP contribution in [-0.2, 0) is 9.73 Å². The SMILES string of the molecule is CP(C)OC1CC(C)(C)N([O])C(C)(C)C1. The summed E-state index contributed by atoms with van der Waals surface area (Å²) < 4.78 is 5.91. The lowest BCUT2D eigenvalue weighted by atomic mass is 9.80. The van der Waals surface area contributed by atoms with Gasteiger partial charge in [0.2, 0.25) is 0 Å². The van der Waals surface area contributed by atoms with Crippen LogP contribution in [0.4, 0.5) is 0 Å². The smallest absolute Gasteiger partial charge is 0.0654 e. The molecule has 0 aromatic rings. The van der Waals surface area contributed by atoms with Gasteiger partial charge in [-0.2, -0.15) is 0 Å². The second kappa shape index (κ2) is 4.29. The molecule has 0 bridgehead atoms. The fourth-order valence-corrected chi connectivity index (χ4v) is 3.29.